The van der Waals surface area contributed by atoms with Gasteiger partial charge in [-0.1, -0.05) is 13.3 Å². The smallest absolute Gasteiger partial charge is 0.190 e. The average molecular weight is 366 g/mol. The largest absolute Gasteiger partial charge is 0.356 e. The van der Waals surface area contributed by atoms with Crippen molar-refractivity contribution in [2.45, 2.75) is 64.8 Å². The van der Waals surface area contributed by atoms with Crippen molar-refractivity contribution in [3.63, 3.8) is 0 Å². The number of aliphatic imine (C=N–C) groups is 1. The third kappa shape index (κ3) is 7.32. The van der Waals surface area contributed by atoms with E-state index < -0.39 is 0 Å². The maximum atomic E-state index is 4.46. The van der Waals surface area contributed by atoms with Gasteiger partial charge in [0.25, 0.3) is 0 Å². The third-order valence-electron chi connectivity index (χ3n) is 4.91. The van der Waals surface area contributed by atoms with Crippen molar-refractivity contribution < 1.29 is 0 Å². The van der Waals surface area contributed by atoms with Gasteiger partial charge in [-0.05, 0) is 52.1 Å². The number of hydrogen-bond donors (Lipinski definition) is 2. The fourth-order valence-electron chi connectivity index (χ4n) is 3.27. The van der Waals surface area contributed by atoms with E-state index in [0.29, 0.717) is 0 Å². The minimum atomic E-state index is 0.773. The summed E-state index contributed by atoms with van der Waals surface area (Å²) in [5.74, 6) is 0.901. The number of likely N-dealkylation sites (tertiary alicyclic amines) is 1. The zero-order chi connectivity index (χ0) is 17.9. The first-order valence-corrected chi connectivity index (χ1v) is 10.7. The van der Waals surface area contributed by atoms with Crippen molar-refractivity contribution in [3.05, 3.63) is 16.1 Å². The quantitative estimate of drug-likeness (QED) is 0.401. The molecule has 0 aromatic carbocycles. The lowest BCUT2D eigenvalue weighted by Crippen LogP contribution is -2.40. The first kappa shape index (κ1) is 20.2. The molecule has 1 aliphatic rings. The minimum Gasteiger partial charge on any atom is -0.356 e. The molecule has 5 nitrogen and oxygen atoms in total. The number of guanidine groups is 1. The molecule has 2 heterocycles. The first-order chi connectivity index (χ1) is 12.2. The van der Waals surface area contributed by atoms with Gasteiger partial charge in [-0.25, -0.2) is 4.98 Å². The SMILES string of the molecule is CCc1cnc(CCNC(=NC)NCCCCN2CCCCC2C)s1. The van der Waals surface area contributed by atoms with E-state index in [4.69, 9.17) is 0 Å². The van der Waals surface area contributed by atoms with Crippen molar-refractivity contribution in [1.29, 1.82) is 0 Å². The molecule has 6 heteroatoms. The van der Waals surface area contributed by atoms with Crippen LogP contribution in [0.25, 0.3) is 0 Å². The van der Waals surface area contributed by atoms with Gasteiger partial charge in [-0.3, -0.25) is 4.99 Å². The van der Waals surface area contributed by atoms with E-state index in [1.54, 1.807) is 0 Å². The summed E-state index contributed by atoms with van der Waals surface area (Å²) in [7, 11) is 1.84. The highest BCUT2D eigenvalue weighted by Crippen LogP contribution is 2.16. The van der Waals surface area contributed by atoms with Gasteiger partial charge >= 0.3 is 0 Å². The van der Waals surface area contributed by atoms with E-state index in [-0.39, 0.29) is 0 Å². The second kappa shape index (κ2) is 11.5. The Bertz CT molecular complexity index is 514. The van der Waals surface area contributed by atoms with Gasteiger partial charge in [0.2, 0.25) is 0 Å². The van der Waals surface area contributed by atoms with E-state index in [2.05, 4.69) is 39.4 Å². The van der Waals surface area contributed by atoms with E-state index in [1.165, 1.54) is 55.1 Å². The normalized spacial score (nSPS) is 19.2. The molecule has 1 atom stereocenters. The lowest BCUT2D eigenvalue weighted by atomic mass is 10.0. The molecular weight excluding hydrogens is 330 g/mol. The number of aromatic nitrogens is 1. The van der Waals surface area contributed by atoms with Gasteiger partial charge in [-0.15, -0.1) is 11.3 Å². The van der Waals surface area contributed by atoms with Crippen molar-refractivity contribution in [3.8, 4) is 0 Å². The molecule has 0 saturated carbocycles. The number of unbranched alkanes of at least 4 members (excludes halogenated alkanes) is 1. The Morgan fingerprint density at radius 1 is 1.32 bits per heavy atom. The highest BCUT2D eigenvalue weighted by Gasteiger charge is 2.16. The van der Waals surface area contributed by atoms with E-state index in [1.807, 2.05) is 24.6 Å². The second-order valence-electron chi connectivity index (χ2n) is 6.84. The Morgan fingerprint density at radius 3 is 2.88 bits per heavy atom. The van der Waals surface area contributed by atoms with Crippen LogP contribution < -0.4 is 10.6 Å². The summed E-state index contributed by atoms with van der Waals surface area (Å²) in [5.41, 5.74) is 0. The molecule has 1 aromatic rings. The van der Waals surface area contributed by atoms with Gasteiger partial charge in [0.05, 0.1) is 5.01 Å². The third-order valence-corrected chi connectivity index (χ3v) is 6.11. The summed E-state index contributed by atoms with van der Waals surface area (Å²) in [4.78, 5) is 12.8. The summed E-state index contributed by atoms with van der Waals surface area (Å²) in [5, 5.41) is 8.02. The summed E-state index contributed by atoms with van der Waals surface area (Å²) in [6.07, 6.45) is 10.6. The van der Waals surface area contributed by atoms with E-state index >= 15 is 0 Å². The van der Waals surface area contributed by atoms with Crippen LogP contribution in [-0.2, 0) is 12.8 Å². The number of piperidine rings is 1. The van der Waals surface area contributed by atoms with Crippen molar-refractivity contribution in [2.75, 3.05) is 33.2 Å². The molecule has 0 radical (unpaired) electrons. The molecule has 1 unspecified atom stereocenters. The van der Waals surface area contributed by atoms with Crippen LogP contribution in [0.1, 0.15) is 55.8 Å². The number of rotatable bonds is 9. The number of hydrogen-bond acceptors (Lipinski definition) is 4. The number of aryl methyl sites for hydroxylation is 1. The monoisotopic (exact) mass is 365 g/mol. The maximum Gasteiger partial charge on any atom is 0.190 e. The van der Waals surface area contributed by atoms with Gasteiger partial charge in [0.1, 0.15) is 0 Å². The highest BCUT2D eigenvalue weighted by molar-refractivity contribution is 7.11. The summed E-state index contributed by atoms with van der Waals surface area (Å²) in [6.45, 7) is 8.93. The molecule has 0 aliphatic carbocycles. The highest BCUT2D eigenvalue weighted by atomic mass is 32.1. The Morgan fingerprint density at radius 2 is 2.16 bits per heavy atom. The Balaban J connectivity index is 1.54. The van der Waals surface area contributed by atoms with Crippen LogP contribution >= 0.6 is 11.3 Å². The second-order valence-corrected chi connectivity index (χ2v) is 8.04. The van der Waals surface area contributed by atoms with Crippen LogP contribution in [0.15, 0.2) is 11.2 Å². The van der Waals surface area contributed by atoms with Crippen LogP contribution in [0.3, 0.4) is 0 Å². The van der Waals surface area contributed by atoms with Crippen molar-refractivity contribution in [1.82, 2.24) is 20.5 Å². The number of nitrogens with zero attached hydrogens (tertiary/aromatic N) is 3. The van der Waals surface area contributed by atoms with Crippen LogP contribution in [-0.4, -0.2) is 55.1 Å². The van der Waals surface area contributed by atoms with Gasteiger partial charge in [0, 0.05) is 43.7 Å². The van der Waals surface area contributed by atoms with Crippen molar-refractivity contribution >= 4 is 17.3 Å². The number of thiazole rings is 1. The van der Waals surface area contributed by atoms with E-state index in [0.717, 1.165) is 37.9 Å². The molecule has 142 valence electrons. The molecule has 1 fully saturated rings. The molecule has 2 rings (SSSR count). The predicted octanol–water partition coefficient (Wildman–Crippen LogP) is 3.07. The van der Waals surface area contributed by atoms with Gasteiger partial charge < -0.3 is 15.5 Å². The lowest BCUT2D eigenvalue weighted by molar-refractivity contribution is 0.158. The molecule has 0 spiro atoms. The molecule has 0 bridgehead atoms. The maximum absolute atomic E-state index is 4.46. The molecule has 2 N–H and O–H groups in total. The molecule has 0 amide bonds. The zero-order valence-electron chi connectivity index (χ0n) is 16.2. The zero-order valence-corrected chi connectivity index (χ0v) is 17.0. The van der Waals surface area contributed by atoms with Crippen LogP contribution in [0, 0.1) is 0 Å². The fraction of sp³-hybridized carbons (Fsp3) is 0.789. The lowest BCUT2D eigenvalue weighted by Gasteiger charge is -2.33. The molecule has 25 heavy (non-hydrogen) atoms. The Hall–Kier alpha value is -1.14. The standard InChI is InChI=1S/C19H35N5S/c1-4-17-15-23-18(25-17)10-12-22-19(20-3)21-11-6-8-14-24-13-7-5-9-16(24)2/h15-16H,4-14H2,1-3H3,(H2,20,21,22). The Kier molecular flexibility index (Phi) is 9.26. The molecule has 1 saturated heterocycles. The van der Waals surface area contributed by atoms with Crippen LogP contribution in [0.2, 0.25) is 0 Å². The summed E-state index contributed by atoms with van der Waals surface area (Å²) in [6, 6.07) is 0.773. The fourth-order valence-corrected chi connectivity index (χ4v) is 4.13. The van der Waals surface area contributed by atoms with Crippen molar-refractivity contribution in [2.24, 2.45) is 4.99 Å². The Labute approximate surface area is 157 Å². The van der Waals surface area contributed by atoms with E-state index in [9.17, 15) is 0 Å². The topological polar surface area (TPSA) is 52.6 Å². The molecular formula is C19H35N5S. The molecule has 1 aromatic heterocycles. The summed E-state index contributed by atoms with van der Waals surface area (Å²) >= 11 is 1.81. The van der Waals surface area contributed by atoms with Crippen LogP contribution in [0.4, 0.5) is 0 Å². The predicted molar refractivity (Wildman–Crippen MR) is 109 cm³/mol. The van der Waals surface area contributed by atoms with Crippen LogP contribution in [0.5, 0.6) is 0 Å². The molecule has 1 aliphatic heterocycles. The first-order valence-electron chi connectivity index (χ1n) is 9.85. The number of nitrogens with one attached hydrogen (secondary N) is 2. The van der Waals surface area contributed by atoms with Gasteiger partial charge in [0.15, 0.2) is 5.96 Å². The minimum absolute atomic E-state index is 0.773. The van der Waals surface area contributed by atoms with Gasteiger partial charge in [-0.2, -0.15) is 0 Å². The summed E-state index contributed by atoms with van der Waals surface area (Å²) < 4.78 is 0. The average Bonchev–Trinajstić information content (AvgIpc) is 3.09.